The minimum atomic E-state index is -3.49. The van der Waals surface area contributed by atoms with E-state index in [2.05, 4.69) is 16.0 Å². The molecule has 1 atom stereocenters. The summed E-state index contributed by atoms with van der Waals surface area (Å²) in [7, 11) is -3.49. The molecular weight excluding hydrogens is 266 g/mol. The lowest BCUT2D eigenvalue weighted by Gasteiger charge is -2.34. The van der Waals surface area contributed by atoms with E-state index in [0.29, 0.717) is 32.0 Å². The number of nitrogens with one attached hydrogen (secondary N) is 1. The second kappa shape index (κ2) is 5.28. The van der Waals surface area contributed by atoms with Crippen molar-refractivity contribution in [2.45, 2.75) is 24.9 Å². The fourth-order valence-electron chi connectivity index (χ4n) is 2.08. The van der Waals surface area contributed by atoms with E-state index in [1.807, 2.05) is 11.8 Å². The molecular formula is C11H17N5O2S. The number of hydrogen-bond donors (Lipinski definition) is 1. The van der Waals surface area contributed by atoms with Gasteiger partial charge in [-0.05, 0) is 13.8 Å². The number of aryl methyl sites for hydroxylation is 1. The normalized spacial score (nSPS) is 20.1. The third-order valence-corrected chi connectivity index (χ3v) is 5.11. The molecule has 2 rings (SSSR count). The molecule has 0 aromatic carbocycles. The van der Waals surface area contributed by atoms with Crippen LogP contribution in [0.25, 0.3) is 0 Å². The third kappa shape index (κ3) is 2.78. The molecule has 104 valence electrons. The first kappa shape index (κ1) is 14.0. The second-order valence-corrected chi connectivity index (χ2v) is 6.48. The van der Waals surface area contributed by atoms with Gasteiger partial charge >= 0.3 is 0 Å². The van der Waals surface area contributed by atoms with E-state index < -0.39 is 10.0 Å². The second-order valence-electron chi connectivity index (χ2n) is 4.58. The summed E-state index contributed by atoms with van der Waals surface area (Å²) in [5, 5.41) is 8.99. The molecule has 2 heterocycles. The summed E-state index contributed by atoms with van der Waals surface area (Å²) < 4.78 is 26.1. The maximum Gasteiger partial charge on any atom is 0.260 e. The summed E-state index contributed by atoms with van der Waals surface area (Å²) in [4.78, 5) is 8.65. The topological polar surface area (TPSA) is 93.1 Å². The average Bonchev–Trinajstić information content (AvgIpc) is 2.85. The monoisotopic (exact) mass is 283 g/mol. The molecule has 1 saturated heterocycles. The average molecular weight is 283 g/mol. The Labute approximate surface area is 112 Å². The van der Waals surface area contributed by atoms with Crippen molar-refractivity contribution in [3.63, 3.8) is 0 Å². The van der Waals surface area contributed by atoms with Crippen LogP contribution in [0, 0.1) is 18.3 Å². The van der Waals surface area contributed by atoms with E-state index in [0.717, 1.165) is 0 Å². The van der Waals surface area contributed by atoms with Crippen LogP contribution >= 0.6 is 0 Å². The van der Waals surface area contributed by atoms with Crippen molar-refractivity contribution in [3.05, 3.63) is 12.0 Å². The Hall–Kier alpha value is -1.43. The van der Waals surface area contributed by atoms with Crippen LogP contribution in [0.2, 0.25) is 0 Å². The molecule has 0 radical (unpaired) electrons. The molecule has 0 saturated carbocycles. The van der Waals surface area contributed by atoms with Crippen LogP contribution < -0.4 is 0 Å². The fraction of sp³-hybridized carbons (Fsp3) is 0.636. The molecule has 0 bridgehead atoms. The first-order valence-corrected chi connectivity index (χ1v) is 7.54. The predicted octanol–water partition coefficient (Wildman–Crippen LogP) is -0.0635. The molecule has 1 fully saturated rings. The van der Waals surface area contributed by atoms with E-state index in [4.69, 9.17) is 5.26 Å². The Morgan fingerprint density at radius 3 is 2.53 bits per heavy atom. The van der Waals surface area contributed by atoms with Gasteiger partial charge in [-0.1, -0.05) is 0 Å². The van der Waals surface area contributed by atoms with Gasteiger partial charge in [0.05, 0.1) is 18.3 Å². The number of nitriles is 1. The number of aromatic nitrogens is 2. The smallest absolute Gasteiger partial charge is 0.260 e. The summed E-state index contributed by atoms with van der Waals surface area (Å²) in [5.41, 5.74) is 0. The Kier molecular flexibility index (Phi) is 3.89. The minimum absolute atomic E-state index is 0.131. The highest BCUT2D eigenvalue weighted by Crippen LogP contribution is 2.16. The standard InChI is InChI=1S/C11H17N5O2S/c1-9(7-12)15-3-5-16(6-4-15)19(17,18)11-8-13-10(2)14-11/h8-9H,3-6H2,1-2H3,(H,13,14). The fourth-order valence-corrected chi connectivity index (χ4v) is 3.47. The van der Waals surface area contributed by atoms with Crippen molar-refractivity contribution in [2.24, 2.45) is 0 Å². The highest BCUT2D eigenvalue weighted by Gasteiger charge is 2.30. The SMILES string of the molecule is Cc1ncc(S(=O)(=O)N2CCN(C(C)C#N)CC2)[nH]1. The van der Waals surface area contributed by atoms with Crippen molar-refractivity contribution < 1.29 is 8.42 Å². The van der Waals surface area contributed by atoms with Crippen LogP contribution in [0.4, 0.5) is 0 Å². The van der Waals surface area contributed by atoms with Gasteiger partial charge in [0, 0.05) is 26.2 Å². The van der Waals surface area contributed by atoms with Crippen molar-refractivity contribution in [1.82, 2.24) is 19.2 Å². The molecule has 7 nitrogen and oxygen atoms in total. The zero-order valence-electron chi connectivity index (χ0n) is 11.0. The van der Waals surface area contributed by atoms with Crippen LogP contribution in [-0.2, 0) is 10.0 Å². The molecule has 1 unspecified atom stereocenters. The number of nitrogens with zero attached hydrogens (tertiary/aromatic N) is 4. The molecule has 1 aliphatic heterocycles. The Bertz CT molecular complexity index is 580. The number of imidazole rings is 1. The zero-order chi connectivity index (χ0) is 14.0. The summed E-state index contributed by atoms with van der Waals surface area (Å²) in [6.45, 7) is 5.47. The number of H-pyrrole nitrogens is 1. The lowest BCUT2D eigenvalue weighted by atomic mass is 10.2. The van der Waals surface area contributed by atoms with Gasteiger partial charge in [0.2, 0.25) is 0 Å². The predicted molar refractivity (Wildman–Crippen MR) is 68.7 cm³/mol. The molecule has 1 aromatic rings. The van der Waals surface area contributed by atoms with Crippen molar-refractivity contribution in [2.75, 3.05) is 26.2 Å². The molecule has 0 amide bonds. The third-order valence-electron chi connectivity index (χ3n) is 3.31. The van der Waals surface area contributed by atoms with Crippen LogP contribution in [0.15, 0.2) is 11.2 Å². The van der Waals surface area contributed by atoms with Gasteiger partial charge in [-0.25, -0.2) is 13.4 Å². The first-order valence-electron chi connectivity index (χ1n) is 6.10. The van der Waals surface area contributed by atoms with Gasteiger partial charge in [0.15, 0.2) is 5.03 Å². The summed E-state index contributed by atoms with van der Waals surface area (Å²) in [6.07, 6.45) is 1.34. The maximum atomic E-state index is 12.3. The maximum absolute atomic E-state index is 12.3. The lowest BCUT2D eigenvalue weighted by molar-refractivity contribution is 0.169. The summed E-state index contributed by atoms with van der Waals surface area (Å²) in [6, 6.07) is 1.98. The van der Waals surface area contributed by atoms with Gasteiger partial charge in [-0.2, -0.15) is 9.57 Å². The Morgan fingerprint density at radius 1 is 1.42 bits per heavy atom. The first-order chi connectivity index (χ1) is 8.95. The Morgan fingerprint density at radius 2 is 2.05 bits per heavy atom. The van der Waals surface area contributed by atoms with E-state index >= 15 is 0 Å². The number of sulfonamides is 1. The minimum Gasteiger partial charge on any atom is -0.332 e. The van der Waals surface area contributed by atoms with Crippen LogP contribution in [0.1, 0.15) is 12.7 Å². The van der Waals surface area contributed by atoms with Crippen LogP contribution in [0.5, 0.6) is 0 Å². The van der Waals surface area contributed by atoms with Gasteiger partial charge in [0.25, 0.3) is 10.0 Å². The van der Waals surface area contributed by atoms with Gasteiger partial charge in [0.1, 0.15) is 5.82 Å². The molecule has 0 spiro atoms. The molecule has 1 aromatic heterocycles. The van der Waals surface area contributed by atoms with E-state index in [-0.39, 0.29) is 11.1 Å². The number of piperazine rings is 1. The van der Waals surface area contributed by atoms with E-state index in [1.165, 1.54) is 10.5 Å². The van der Waals surface area contributed by atoms with Gasteiger partial charge in [-0.15, -0.1) is 0 Å². The summed E-state index contributed by atoms with van der Waals surface area (Å²) in [5.74, 6) is 0.579. The van der Waals surface area contributed by atoms with E-state index in [9.17, 15) is 8.42 Å². The molecule has 19 heavy (non-hydrogen) atoms. The van der Waals surface area contributed by atoms with E-state index in [1.54, 1.807) is 6.92 Å². The van der Waals surface area contributed by atoms with Gasteiger partial charge < -0.3 is 4.98 Å². The van der Waals surface area contributed by atoms with Crippen LogP contribution in [-0.4, -0.2) is 59.8 Å². The zero-order valence-corrected chi connectivity index (χ0v) is 11.8. The Balaban J connectivity index is 2.08. The number of aromatic amines is 1. The summed E-state index contributed by atoms with van der Waals surface area (Å²) >= 11 is 0. The molecule has 1 N–H and O–H groups in total. The molecule has 8 heteroatoms. The van der Waals surface area contributed by atoms with Gasteiger partial charge in [-0.3, -0.25) is 4.90 Å². The molecule has 1 aliphatic rings. The van der Waals surface area contributed by atoms with Crippen molar-refractivity contribution in [1.29, 1.82) is 5.26 Å². The largest absolute Gasteiger partial charge is 0.332 e. The highest BCUT2D eigenvalue weighted by atomic mass is 32.2. The molecule has 0 aliphatic carbocycles. The number of hydrogen-bond acceptors (Lipinski definition) is 5. The highest BCUT2D eigenvalue weighted by molar-refractivity contribution is 7.89. The van der Waals surface area contributed by atoms with Crippen molar-refractivity contribution in [3.8, 4) is 6.07 Å². The number of rotatable bonds is 3. The van der Waals surface area contributed by atoms with Crippen molar-refractivity contribution >= 4 is 10.0 Å². The lowest BCUT2D eigenvalue weighted by Crippen LogP contribution is -2.51. The quantitative estimate of drug-likeness (QED) is 0.838. The van der Waals surface area contributed by atoms with Crippen LogP contribution in [0.3, 0.4) is 0 Å².